The van der Waals surface area contributed by atoms with Crippen LogP contribution in [-0.2, 0) is 0 Å². The van der Waals surface area contributed by atoms with Crippen molar-refractivity contribution in [1.29, 1.82) is 0 Å². The Balaban J connectivity index is 1.81. The molecule has 2 aliphatic rings. The lowest BCUT2D eigenvalue weighted by Gasteiger charge is -2.34. The van der Waals surface area contributed by atoms with Gasteiger partial charge >= 0.3 is 6.03 Å². The second-order valence-corrected chi connectivity index (χ2v) is 4.79. The molecule has 86 valence electrons. The molecule has 0 radical (unpaired) electrons. The van der Waals surface area contributed by atoms with Gasteiger partial charge in [0.05, 0.1) is 0 Å². The van der Waals surface area contributed by atoms with E-state index in [0.29, 0.717) is 12.0 Å². The Morgan fingerprint density at radius 1 is 1.33 bits per heavy atom. The van der Waals surface area contributed by atoms with Crippen LogP contribution in [0.25, 0.3) is 0 Å². The van der Waals surface area contributed by atoms with E-state index in [1.807, 2.05) is 16.8 Å². The van der Waals surface area contributed by atoms with Gasteiger partial charge in [-0.1, -0.05) is 0 Å². The van der Waals surface area contributed by atoms with E-state index in [2.05, 4.69) is 0 Å². The van der Waals surface area contributed by atoms with Crippen LogP contribution in [0.4, 0.5) is 4.79 Å². The van der Waals surface area contributed by atoms with E-state index in [0.717, 1.165) is 32.5 Å². The fourth-order valence-electron chi connectivity index (χ4n) is 2.20. The molecule has 2 rings (SSSR count). The van der Waals surface area contributed by atoms with Gasteiger partial charge < -0.3 is 15.5 Å². The molecule has 2 N–H and O–H groups in total. The molecule has 0 aromatic heterocycles. The Kier molecular flexibility index (Phi) is 3.14. The highest BCUT2D eigenvalue weighted by Crippen LogP contribution is 2.27. The first-order valence-corrected chi connectivity index (χ1v) is 5.94. The molecular weight excluding hydrogens is 190 g/mol. The van der Waals surface area contributed by atoms with Gasteiger partial charge in [0.2, 0.25) is 0 Å². The molecule has 2 amide bonds. The number of hydrogen-bond donors (Lipinski definition) is 1. The first-order chi connectivity index (χ1) is 7.22. The van der Waals surface area contributed by atoms with Gasteiger partial charge in [0.1, 0.15) is 0 Å². The molecule has 4 heteroatoms. The van der Waals surface area contributed by atoms with E-state index >= 15 is 0 Å². The maximum absolute atomic E-state index is 12.0. The number of piperidine rings is 1. The van der Waals surface area contributed by atoms with Crippen LogP contribution < -0.4 is 5.73 Å². The van der Waals surface area contributed by atoms with E-state index in [1.54, 1.807) is 0 Å². The zero-order valence-electron chi connectivity index (χ0n) is 9.48. The molecule has 1 saturated heterocycles. The second-order valence-electron chi connectivity index (χ2n) is 4.79. The smallest absolute Gasteiger partial charge is 0.319 e. The number of hydrogen-bond acceptors (Lipinski definition) is 2. The number of carbonyl (C=O) groups excluding carboxylic acids is 1. The van der Waals surface area contributed by atoms with E-state index < -0.39 is 0 Å². The summed E-state index contributed by atoms with van der Waals surface area (Å²) < 4.78 is 0. The number of likely N-dealkylation sites (tertiary alicyclic amines) is 1. The zero-order chi connectivity index (χ0) is 10.8. The van der Waals surface area contributed by atoms with Gasteiger partial charge in [-0.15, -0.1) is 0 Å². The Morgan fingerprint density at radius 3 is 2.40 bits per heavy atom. The first-order valence-electron chi connectivity index (χ1n) is 5.94. The lowest BCUT2D eigenvalue weighted by atomic mass is 9.97. The molecule has 0 aromatic rings. The average molecular weight is 211 g/mol. The van der Waals surface area contributed by atoms with E-state index in [-0.39, 0.29) is 6.03 Å². The Morgan fingerprint density at radius 2 is 1.93 bits per heavy atom. The molecule has 0 atom stereocenters. The molecular formula is C11H21N3O. The normalized spacial score (nSPS) is 22.9. The van der Waals surface area contributed by atoms with Crippen LogP contribution >= 0.6 is 0 Å². The summed E-state index contributed by atoms with van der Waals surface area (Å²) in [6, 6.07) is 0.734. The zero-order valence-corrected chi connectivity index (χ0v) is 9.48. The highest BCUT2D eigenvalue weighted by atomic mass is 16.2. The third-order valence-electron chi connectivity index (χ3n) is 3.61. The molecule has 0 unspecified atom stereocenters. The van der Waals surface area contributed by atoms with E-state index in [9.17, 15) is 4.79 Å². The van der Waals surface area contributed by atoms with Crippen LogP contribution in [0.5, 0.6) is 0 Å². The van der Waals surface area contributed by atoms with Crippen molar-refractivity contribution >= 4 is 6.03 Å². The summed E-state index contributed by atoms with van der Waals surface area (Å²) in [5, 5.41) is 0. The van der Waals surface area contributed by atoms with Crippen molar-refractivity contribution < 1.29 is 4.79 Å². The largest absolute Gasteiger partial charge is 0.330 e. The Labute approximate surface area is 91.4 Å². The van der Waals surface area contributed by atoms with Gasteiger partial charge in [0.15, 0.2) is 0 Å². The van der Waals surface area contributed by atoms with E-state index in [1.165, 1.54) is 12.8 Å². The summed E-state index contributed by atoms with van der Waals surface area (Å²) in [7, 11) is 1.93. The van der Waals surface area contributed by atoms with Crippen LogP contribution in [0.2, 0.25) is 0 Å². The van der Waals surface area contributed by atoms with Crippen molar-refractivity contribution in [1.82, 2.24) is 9.80 Å². The summed E-state index contributed by atoms with van der Waals surface area (Å²) in [5.41, 5.74) is 5.63. The molecule has 1 aliphatic heterocycles. The minimum atomic E-state index is 0.216. The SMILES string of the molecule is CN(C(=O)N1CCC(CN)CC1)C1CC1. The highest BCUT2D eigenvalue weighted by Gasteiger charge is 2.33. The van der Waals surface area contributed by atoms with Crippen molar-refractivity contribution in [2.75, 3.05) is 26.7 Å². The fourth-order valence-corrected chi connectivity index (χ4v) is 2.20. The second kappa shape index (κ2) is 4.39. The maximum atomic E-state index is 12.0. The number of amides is 2. The van der Waals surface area contributed by atoms with Crippen molar-refractivity contribution in [3.05, 3.63) is 0 Å². The molecule has 0 bridgehead atoms. The summed E-state index contributed by atoms with van der Waals surface area (Å²) in [6.07, 6.45) is 4.50. The summed E-state index contributed by atoms with van der Waals surface area (Å²) >= 11 is 0. The quantitative estimate of drug-likeness (QED) is 0.737. The van der Waals surface area contributed by atoms with Gasteiger partial charge in [-0.05, 0) is 38.1 Å². The predicted octanol–water partition coefficient (Wildman–Crippen LogP) is 0.871. The molecule has 1 saturated carbocycles. The van der Waals surface area contributed by atoms with Crippen molar-refractivity contribution in [2.45, 2.75) is 31.7 Å². The van der Waals surface area contributed by atoms with Crippen molar-refractivity contribution in [3.63, 3.8) is 0 Å². The lowest BCUT2D eigenvalue weighted by Crippen LogP contribution is -2.46. The predicted molar refractivity (Wildman–Crippen MR) is 59.5 cm³/mol. The standard InChI is InChI=1S/C11H21N3O/c1-13(10-2-3-10)11(15)14-6-4-9(8-12)5-7-14/h9-10H,2-8,12H2,1H3. The van der Waals surface area contributed by atoms with Gasteiger partial charge in [-0.3, -0.25) is 0 Å². The topological polar surface area (TPSA) is 49.6 Å². The Bertz CT molecular complexity index is 232. The van der Waals surface area contributed by atoms with Crippen LogP contribution in [0.3, 0.4) is 0 Å². The van der Waals surface area contributed by atoms with Crippen molar-refractivity contribution in [3.8, 4) is 0 Å². The molecule has 0 spiro atoms. The van der Waals surface area contributed by atoms with Gasteiger partial charge in [-0.2, -0.15) is 0 Å². The lowest BCUT2D eigenvalue weighted by molar-refractivity contribution is 0.139. The van der Waals surface area contributed by atoms with Crippen LogP contribution in [0.1, 0.15) is 25.7 Å². The molecule has 15 heavy (non-hydrogen) atoms. The molecule has 1 aliphatic carbocycles. The molecule has 1 heterocycles. The number of carbonyl (C=O) groups is 1. The Hall–Kier alpha value is -0.770. The van der Waals surface area contributed by atoms with Crippen molar-refractivity contribution in [2.24, 2.45) is 11.7 Å². The number of nitrogens with two attached hydrogens (primary N) is 1. The summed E-state index contributed by atoms with van der Waals surface area (Å²) in [4.78, 5) is 15.9. The fraction of sp³-hybridized carbons (Fsp3) is 0.909. The summed E-state index contributed by atoms with van der Waals surface area (Å²) in [5.74, 6) is 0.625. The van der Waals surface area contributed by atoms with Gasteiger partial charge in [0.25, 0.3) is 0 Å². The summed E-state index contributed by atoms with van der Waals surface area (Å²) in [6.45, 7) is 2.54. The molecule has 0 aromatic carbocycles. The number of rotatable bonds is 2. The third-order valence-corrected chi connectivity index (χ3v) is 3.61. The van der Waals surface area contributed by atoms with Crippen LogP contribution in [0, 0.1) is 5.92 Å². The van der Waals surface area contributed by atoms with Crippen LogP contribution in [-0.4, -0.2) is 48.6 Å². The number of urea groups is 1. The minimum Gasteiger partial charge on any atom is -0.330 e. The number of nitrogens with zero attached hydrogens (tertiary/aromatic N) is 2. The van der Waals surface area contributed by atoms with E-state index in [4.69, 9.17) is 5.73 Å². The average Bonchev–Trinajstić information content (AvgIpc) is 3.11. The minimum absolute atomic E-state index is 0.216. The van der Waals surface area contributed by atoms with Gasteiger partial charge in [-0.25, -0.2) is 4.79 Å². The first kappa shape index (κ1) is 10.7. The maximum Gasteiger partial charge on any atom is 0.319 e. The van der Waals surface area contributed by atoms with Gasteiger partial charge in [0, 0.05) is 26.2 Å². The molecule has 4 nitrogen and oxygen atoms in total. The molecule has 2 fully saturated rings. The monoisotopic (exact) mass is 211 g/mol. The van der Waals surface area contributed by atoms with Crippen LogP contribution in [0.15, 0.2) is 0 Å². The highest BCUT2D eigenvalue weighted by molar-refractivity contribution is 5.74. The third kappa shape index (κ3) is 2.43.